The molecule has 0 amide bonds. The fourth-order valence-corrected chi connectivity index (χ4v) is 1.84. The van der Waals surface area contributed by atoms with Crippen LogP contribution in [0.4, 0.5) is 5.69 Å². The molecule has 19 heavy (non-hydrogen) atoms. The van der Waals surface area contributed by atoms with E-state index in [9.17, 15) is 0 Å². The Kier molecular flexibility index (Phi) is 3.90. The van der Waals surface area contributed by atoms with E-state index >= 15 is 0 Å². The second kappa shape index (κ2) is 5.15. The first-order valence-electron chi connectivity index (χ1n) is 6.69. The van der Waals surface area contributed by atoms with Gasteiger partial charge in [0.05, 0.1) is 23.5 Å². The van der Waals surface area contributed by atoms with Gasteiger partial charge >= 0.3 is 7.12 Å². The van der Waals surface area contributed by atoms with E-state index in [0.717, 1.165) is 11.2 Å². The minimum atomic E-state index is -0.314. The summed E-state index contributed by atoms with van der Waals surface area (Å²) < 4.78 is 12.0. The van der Waals surface area contributed by atoms with Crippen molar-refractivity contribution in [3.8, 4) is 0 Å². The molecule has 0 bridgehead atoms. The van der Waals surface area contributed by atoms with E-state index < -0.39 is 0 Å². The monoisotopic (exact) mass is 263 g/mol. The highest BCUT2D eigenvalue weighted by Gasteiger charge is 2.51. The van der Waals surface area contributed by atoms with Gasteiger partial charge in [-0.25, -0.2) is 0 Å². The third-order valence-corrected chi connectivity index (χ3v) is 3.77. The van der Waals surface area contributed by atoms with Gasteiger partial charge in [0.2, 0.25) is 0 Å². The summed E-state index contributed by atoms with van der Waals surface area (Å²) in [5.41, 5.74) is 4.18. The number of anilines is 1. The Bertz CT molecular complexity index is 415. The van der Waals surface area contributed by atoms with Crippen LogP contribution in [0.5, 0.6) is 0 Å². The first kappa shape index (κ1) is 14.4. The maximum absolute atomic E-state index is 6.00. The number of benzene rings is 1. The maximum Gasteiger partial charge on any atom is 0.494 e. The van der Waals surface area contributed by atoms with Crippen molar-refractivity contribution in [3.63, 3.8) is 0 Å². The molecule has 5 heteroatoms. The molecule has 4 nitrogen and oxygen atoms in total. The Balaban J connectivity index is 2.08. The van der Waals surface area contributed by atoms with Gasteiger partial charge < -0.3 is 9.31 Å². The predicted octanol–water partition coefficient (Wildman–Crippen LogP) is 2.35. The van der Waals surface area contributed by atoms with Gasteiger partial charge in [0.1, 0.15) is 0 Å². The zero-order valence-corrected chi connectivity index (χ0v) is 12.3. The van der Waals surface area contributed by atoms with E-state index in [1.54, 1.807) is 0 Å². The lowest BCUT2D eigenvalue weighted by atomic mass is 9.79. The summed E-state index contributed by atoms with van der Waals surface area (Å²) in [5, 5.41) is 0. The molecule has 0 spiro atoms. The molecule has 1 aliphatic heterocycles. The molecule has 0 unspecified atom stereocenters. The van der Waals surface area contributed by atoms with E-state index in [2.05, 4.69) is 33.2 Å². The van der Waals surface area contributed by atoms with Crippen LogP contribution in [0, 0.1) is 0 Å². The molecule has 2 rings (SSSR count). The van der Waals surface area contributed by atoms with Crippen LogP contribution in [0.25, 0.3) is 0 Å². The predicted molar refractivity (Wildman–Crippen MR) is 77.4 cm³/mol. The topological polar surface area (TPSA) is 39.7 Å². The minimum absolute atomic E-state index is 0.306. The summed E-state index contributed by atoms with van der Waals surface area (Å²) in [6, 6.07) is 7.89. The second-order valence-electron chi connectivity index (χ2n) is 5.75. The van der Waals surface area contributed by atoms with Gasteiger partial charge in [-0.15, -0.1) is 0 Å². The normalized spacial score (nSPS) is 20.6. The average molecular weight is 263 g/mol. The van der Waals surface area contributed by atoms with Gasteiger partial charge in [0.15, 0.2) is 0 Å². The molecule has 0 aromatic heterocycles. The Morgan fingerprint density at radius 2 is 1.58 bits per heavy atom. The lowest BCUT2D eigenvalue weighted by Gasteiger charge is -2.32. The van der Waals surface area contributed by atoms with Gasteiger partial charge in [0.25, 0.3) is 0 Å². The Morgan fingerprint density at radius 3 is 2.05 bits per heavy atom. The van der Waals surface area contributed by atoms with Crippen molar-refractivity contribution in [1.82, 2.24) is 0 Å². The van der Waals surface area contributed by atoms with Crippen LogP contribution in [0.15, 0.2) is 24.3 Å². The maximum atomic E-state index is 6.00. The molecule has 0 aliphatic carbocycles. The van der Waals surface area contributed by atoms with E-state index in [1.807, 2.05) is 31.2 Å². The first-order chi connectivity index (χ1) is 8.86. The van der Waals surface area contributed by atoms with Gasteiger partial charge in [-0.2, -0.15) is 0 Å². The summed E-state index contributed by atoms with van der Waals surface area (Å²) in [6.45, 7) is 10.8. The van der Waals surface area contributed by atoms with Gasteiger partial charge in [0, 0.05) is 0 Å². The first-order valence-corrected chi connectivity index (χ1v) is 6.69. The Morgan fingerprint density at radius 1 is 1.05 bits per heavy atom. The molecule has 0 atom stereocenters. The standard InChI is InChI=1S/C14H22BNO3/c1-6-17-16-12-9-7-11(8-10-12)15-18-13(2,3)14(4,5)19-15/h7-10,16H,6H2,1-5H3. The summed E-state index contributed by atoms with van der Waals surface area (Å²) in [5.74, 6) is 0. The Hall–Kier alpha value is -1.04. The molecule has 1 aromatic rings. The van der Waals surface area contributed by atoms with Crippen molar-refractivity contribution < 1.29 is 14.1 Å². The minimum Gasteiger partial charge on any atom is -0.399 e. The number of nitrogens with one attached hydrogen (secondary N) is 1. The van der Waals surface area contributed by atoms with Crippen molar-refractivity contribution in [3.05, 3.63) is 24.3 Å². The van der Waals surface area contributed by atoms with Crippen LogP contribution in [-0.2, 0) is 14.1 Å². The van der Waals surface area contributed by atoms with Crippen molar-refractivity contribution in [2.75, 3.05) is 12.1 Å². The lowest BCUT2D eigenvalue weighted by molar-refractivity contribution is 0.00578. The zero-order chi connectivity index (χ0) is 14.1. The van der Waals surface area contributed by atoms with Crippen LogP contribution in [0.1, 0.15) is 34.6 Å². The molecule has 1 aliphatic rings. The summed E-state index contributed by atoms with van der Waals surface area (Å²) in [6.07, 6.45) is 0. The van der Waals surface area contributed by atoms with Gasteiger partial charge in [-0.1, -0.05) is 12.1 Å². The Labute approximate surface area is 115 Å². The van der Waals surface area contributed by atoms with Crippen LogP contribution in [0.2, 0.25) is 0 Å². The number of rotatable bonds is 4. The molecule has 1 aromatic carbocycles. The lowest BCUT2D eigenvalue weighted by Crippen LogP contribution is -2.41. The quantitative estimate of drug-likeness (QED) is 0.668. The largest absolute Gasteiger partial charge is 0.494 e. The molecular formula is C14H22BNO3. The zero-order valence-electron chi connectivity index (χ0n) is 12.3. The fourth-order valence-electron chi connectivity index (χ4n) is 1.84. The fraction of sp³-hybridized carbons (Fsp3) is 0.571. The van der Waals surface area contributed by atoms with Crippen molar-refractivity contribution in [2.45, 2.75) is 45.8 Å². The van der Waals surface area contributed by atoms with E-state index in [1.165, 1.54) is 0 Å². The molecule has 1 heterocycles. The third-order valence-electron chi connectivity index (χ3n) is 3.77. The molecular weight excluding hydrogens is 241 g/mol. The molecule has 0 saturated carbocycles. The van der Waals surface area contributed by atoms with Crippen LogP contribution >= 0.6 is 0 Å². The van der Waals surface area contributed by atoms with Crippen molar-refractivity contribution in [1.29, 1.82) is 0 Å². The van der Waals surface area contributed by atoms with E-state index in [0.29, 0.717) is 6.61 Å². The van der Waals surface area contributed by atoms with Gasteiger partial charge in [-0.05, 0) is 52.2 Å². The molecule has 1 fully saturated rings. The highest BCUT2D eigenvalue weighted by Crippen LogP contribution is 2.36. The van der Waals surface area contributed by atoms with E-state index in [4.69, 9.17) is 14.1 Å². The summed E-state index contributed by atoms with van der Waals surface area (Å²) in [4.78, 5) is 5.14. The SMILES string of the molecule is CCONc1ccc(B2OC(C)(C)C(C)(C)O2)cc1. The van der Waals surface area contributed by atoms with E-state index in [-0.39, 0.29) is 18.3 Å². The van der Waals surface area contributed by atoms with Gasteiger partial charge in [-0.3, -0.25) is 10.3 Å². The molecule has 1 saturated heterocycles. The molecule has 104 valence electrons. The van der Waals surface area contributed by atoms with Crippen molar-refractivity contribution in [2.24, 2.45) is 0 Å². The van der Waals surface area contributed by atoms with Crippen LogP contribution < -0.4 is 10.9 Å². The number of hydrogen-bond acceptors (Lipinski definition) is 4. The molecule has 0 radical (unpaired) electrons. The highest BCUT2D eigenvalue weighted by molar-refractivity contribution is 6.62. The van der Waals surface area contributed by atoms with Crippen LogP contribution in [0.3, 0.4) is 0 Å². The average Bonchev–Trinajstić information content (AvgIpc) is 2.56. The third kappa shape index (κ3) is 2.94. The number of hydrogen-bond donors (Lipinski definition) is 1. The smallest absolute Gasteiger partial charge is 0.399 e. The highest BCUT2D eigenvalue weighted by atomic mass is 16.7. The summed E-state index contributed by atoms with van der Waals surface area (Å²) >= 11 is 0. The van der Waals surface area contributed by atoms with Crippen molar-refractivity contribution >= 4 is 18.3 Å². The van der Waals surface area contributed by atoms with Crippen LogP contribution in [-0.4, -0.2) is 24.9 Å². The second-order valence-corrected chi connectivity index (χ2v) is 5.75. The summed E-state index contributed by atoms with van der Waals surface area (Å²) in [7, 11) is -0.314. The molecule has 1 N–H and O–H groups in total.